The summed E-state index contributed by atoms with van der Waals surface area (Å²) in [5.41, 5.74) is 3.90. The molecule has 0 saturated carbocycles. The monoisotopic (exact) mass is 423 g/mol. The Morgan fingerprint density at radius 1 is 1.03 bits per heavy atom. The summed E-state index contributed by atoms with van der Waals surface area (Å²) in [6, 6.07) is 16.4. The molecule has 1 unspecified atom stereocenters. The molecule has 156 valence electrons. The number of hydrogen-bond acceptors (Lipinski definition) is 6. The van der Waals surface area contributed by atoms with Crippen LogP contribution in [0.15, 0.2) is 48.5 Å². The number of carbonyl (C=O) groups excluding carboxylic acids is 1. The average molecular weight is 424 g/mol. The van der Waals surface area contributed by atoms with Gasteiger partial charge in [0.1, 0.15) is 12.4 Å². The summed E-state index contributed by atoms with van der Waals surface area (Å²) in [5.74, 6) is 0.787. The second-order valence-electron chi connectivity index (χ2n) is 7.55. The third kappa shape index (κ3) is 3.91. The summed E-state index contributed by atoms with van der Waals surface area (Å²) in [5, 5.41) is 8.15. The molecule has 0 saturated heterocycles. The lowest BCUT2D eigenvalue weighted by molar-refractivity contribution is 0.0984. The number of benzene rings is 2. The van der Waals surface area contributed by atoms with Gasteiger partial charge in [0, 0.05) is 66.9 Å². The van der Waals surface area contributed by atoms with E-state index in [4.69, 9.17) is 4.74 Å². The zero-order valence-electron chi connectivity index (χ0n) is 16.6. The van der Waals surface area contributed by atoms with E-state index in [9.17, 15) is 4.79 Å². The second-order valence-corrected chi connectivity index (χ2v) is 8.25. The van der Waals surface area contributed by atoms with Crippen LogP contribution in [0.1, 0.15) is 10.4 Å². The summed E-state index contributed by atoms with van der Waals surface area (Å²) in [4.78, 5) is 12.6. The standard InChI is InChI=1S/C22H25N5O2S/c28-22-16-6-5-15-11-20-18-3-1-2-4-21(18)29-14-17(13-27(20)19(15)12-16)24-9-7-23-8-10-25-30-26-22/h1-6,11-12,17,23-25H,7-10,13-14H2,(H,26,28). The van der Waals surface area contributed by atoms with E-state index in [-0.39, 0.29) is 11.9 Å². The van der Waals surface area contributed by atoms with E-state index in [1.807, 2.05) is 36.4 Å². The molecule has 8 heteroatoms. The number of nitrogens with zero attached hydrogens (tertiary/aromatic N) is 1. The Labute approximate surface area is 179 Å². The van der Waals surface area contributed by atoms with Gasteiger partial charge in [-0.05, 0) is 30.3 Å². The maximum absolute atomic E-state index is 12.6. The van der Waals surface area contributed by atoms with Crippen LogP contribution in [0.5, 0.6) is 5.75 Å². The predicted octanol–water partition coefficient (Wildman–Crippen LogP) is 2.14. The molecule has 2 aliphatic heterocycles. The Morgan fingerprint density at radius 3 is 2.90 bits per heavy atom. The third-order valence-electron chi connectivity index (χ3n) is 5.53. The smallest absolute Gasteiger partial charge is 0.262 e. The minimum absolute atomic E-state index is 0.103. The minimum atomic E-state index is -0.103. The van der Waals surface area contributed by atoms with Crippen LogP contribution in [-0.2, 0) is 6.54 Å². The molecule has 0 radical (unpaired) electrons. The van der Waals surface area contributed by atoms with Gasteiger partial charge in [0.25, 0.3) is 5.91 Å². The third-order valence-corrected chi connectivity index (χ3v) is 6.16. The maximum atomic E-state index is 12.6. The lowest BCUT2D eigenvalue weighted by Crippen LogP contribution is -2.42. The average Bonchev–Trinajstić information content (AvgIpc) is 3.11. The quantitative estimate of drug-likeness (QED) is 0.415. The van der Waals surface area contributed by atoms with Crippen LogP contribution < -0.4 is 24.8 Å². The van der Waals surface area contributed by atoms with Crippen molar-refractivity contribution in [3.05, 3.63) is 54.1 Å². The van der Waals surface area contributed by atoms with E-state index in [1.165, 1.54) is 12.1 Å². The summed E-state index contributed by atoms with van der Waals surface area (Å²) < 4.78 is 14.5. The Balaban J connectivity index is 1.61. The molecule has 5 rings (SSSR count). The summed E-state index contributed by atoms with van der Waals surface area (Å²) in [6.07, 6.45) is 0. The Bertz CT molecular complexity index is 1070. The fourth-order valence-electron chi connectivity index (χ4n) is 4.03. The molecule has 4 N–H and O–H groups in total. The lowest BCUT2D eigenvalue weighted by atomic mass is 10.1. The van der Waals surface area contributed by atoms with Crippen LogP contribution in [0, 0.1) is 0 Å². The number of carbonyl (C=O) groups is 1. The van der Waals surface area contributed by atoms with Crippen molar-refractivity contribution in [2.45, 2.75) is 12.6 Å². The SMILES string of the molecule is O=C1NSNCCNCCNC2COc3ccccc3-c3cc4ccc1cc4n3C2. The van der Waals surface area contributed by atoms with Crippen LogP contribution in [0.25, 0.3) is 22.2 Å². The number of aromatic nitrogens is 1. The first-order valence-electron chi connectivity index (χ1n) is 10.3. The molecule has 2 aromatic carbocycles. The van der Waals surface area contributed by atoms with Crippen LogP contribution in [-0.4, -0.2) is 49.3 Å². The highest BCUT2D eigenvalue weighted by molar-refractivity contribution is 7.96. The fourth-order valence-corrected chi connectivity index (χ4v) is 4.51. The molecule has 2 aliphatic rings. The van der Waals surface area contributed by atoms with Crippen molar-refractivity contribution < 1.29 is 9.53 Å². The molecular formula is C22H25N5O2S. The second kappa shape index (κ2) is 8.69. The van der Waals surface area contributed by atoms with Crippen LogP contribution in [0.4, 0.5) is 0 Å². The Morgan fingerprint density at radius 2 is 1.93 bits per heavy atom. The van der Waals surface area contributed by atoms with Gasteiger partial charge in [-0.2, -0.15) is 0 Å². The minimum Gasteiger partial charge on any atom is -0.491 e. The Hall–Kier alpha value is -2.52. The van der Waals surface area contributed by atoms with E-state index < -0.39 is 0 Å². The largest absolute Gasteiger partial charge is 0.491 e. The van der Waals surface area contributed by atoms with Gasteiger partial charge in [-0.25, -0.2) is 4.72 Å². The van der Waals surface area contributed by atoms with Crippen LogP contribution >= 0.6 is 12.1 Å². The van der Waals surface area contributed by atoms with Crippen molar-refractivity contribution >= 4 is 28.9 Å². The van der Waals surface area contributed by atoms with Gasteiger partial charge >= 0.3 is 0 Å². The molecule has 1 amide bonds. The van der Waals surface area contributed by atoms with E-state index in [0.29, 0.717) is 12.2 Å². The van der Waals surface area contributed by atoms with Crippen molar-refractivity contribution in [1.82, 2.24) is 24.6 Å². The molecule has 0 aliphatic carbocycles. The highest BCUT2D eigenvalue weighted by atomic mass is 32.2. The summed E-state index contributed by atoms with van der Waals surface area (Å²) in [6.45, 7) is 4.69. The first kappa shape index (κ1) is 19.4. The summed E-state index contributed by atoms with van der Waals surface area (Å²) in [7, 11) is 0. The zero-order valence-corrected chi connectivity index (χ0v) is 17.4. The Kier molecular flexibility index (Phi) is 5.63. The van der Waals surface area contributed by atoms with Crippen molar-refractivity contribution in [2.24, 2.45) is 0 Å². The number of ether oxygens (including phenoxy) is 1. The fraction of sp³-hybridized carbons (Fsp3) is 0.318. The molecular weight excluding hydrogens is 398 g/mol. The number of fused-ring (bicyclic) bond motifs is 4. The van der Waals surface area contributed by atoms with Gasteiger partial charge in [0.2, 0.25) is 0 Å². The first-order chi connectivity index (χ1) is 14.8. The van der Waals surface area contributed by atoms with E-state index in [0.717, 1.165) is 60.6 Å². The van der Waals surface area contributed by atoms with Gasteiger partial charge in [0.15, 0.2) is 0 Å². The molecule has 0 spiro atoms. The molecule has 0 fully saturated rings. The van der Waals surface area contributed by atoms with E-state index >= 15 is 0 Å². The number of para-hydroxylation sites is 1. The number of nitrogens with one attached hydrogen (secondary N) is 4. The highest BCUT2D eigenvalue weighted by Gasteiger charge is 2.22. The van der Waals surface area contributed by atoms with Crippen molar-refractivity contribution in [3.8, 4) is 17.0 Å². The number of rotatable bonds is 0. The number of hydrogen-bond donors (Lipinski definition) is 4. The van der Waals surface area contributed by atoms with Gasteiger partial charge in [-0.3, -0.25) is 9.52 Å². The van der Waals surface area contributed by atoms with Gasteiger partial charge in [-0.1, -0.05) is 18.2 Å². The molecule has 1 atom stereocenters. The zero-order chi connectivity index (χ0) is 20.3. The van der Waals surface area contributed by atoms with Gasteiger partial charge < -0.3 is 19.9 Å². The lowest BCUT2D eigenvalue weighted by Gasteiger charge is -2.26. The van der Waals surface area contributed by atoms with Crippen molar-refractivity contribution in [3.63, 3.8) is 0 Å². The van der Waals surface area contributed by atoms with Gasteiger partial charge in [0.05, 0.1) is 11.7 Å². The number of amides is 1. The molecule has 3 heterocycles. The first-order valence-corrected chi connectivity index (χ1v) is 11.1. The van der Waals surface area contributed by atoms with Crippen molar-refractivity contribution in [1.29, 1.82) is 0 Å². The van der Waals surface area contributed by atoms with Crippen LogP contribution in [0.2, 0.25) is 0 Å². The highest BCUT2D eigenvalue weighted by Crippen LogP contribution is 2.36. The van der Waals surface area contributed by atoms with E-state index in [2.05, 4.69) is 36.8 Å². The maximum Gasteiger partial charge on any atom is 0.262 e. The molecule has 1 aromatic heterocycles. The van der Waals surface area contributed by atoms with Gasteiger partial charge in [-0.15, -0.1) is 0 Å². The van der Waals surface area contributed by atoms with Crippen LogP contribution in [0.3, 0.4) is 0 Å². The van der Waals surface area contributed by atoms with Crippen molar-refractivity contribution in [2.75, 3.05) is 32.8 Å². The molecule has 4 bridgehead atoms. The summed E-state index contributed by atoms with van der Waals surface area (Å²) >= 11 is 1.23. The molecule has 30 heavy (non-hydrogen) atoms. The van der Waals surface area contributed by atoms with E-state index in [1.54, 1.807) is 0 Å². The molecule has 3 aromatic rings. The predicted molar refractivity (Wildman–Crippen MR) is 121 cm³/mol. The molecule has 7 nitrogen and oxygen atoms in total. The topological polar surface area (TPSA) is 79.3 Å². The normalized spacial score (nSPS) is 20.3.